The predicted octanol–water partition coefficient (Wildman–Crippen LogP) is 15.0. The average molecular weight is 807 g/mol. The molecule has 13 rings (SSSR count). The lowest BCUT2D eigenvalue weighted by molar-refractivity contribution is 0.615. The first-order valence-electron chi connectivity index (χ1n) is 21.6. The third-order valence-electron chi connectivity index (χ3n) is 13.3. The molecule has 63 heavy (non-hydrogen) atoms. The molecule has 0 spiro atoms. The number of furan rings is 1. The average Bonchev–Trinajstić information content (AvgIpc) is 3.89. The number of allylic oxidation sites excluding steroid dienone is 4. The van der Waals surface area contributed by atoms with E-state index < -0.39 is 0 Å². The summed E-state index contributed by atoms with van der Waals surface area (Å²) in [5.41, 5.74) is 8.77. The van der Waals surface area contributed by atoms with Gasteiger partial charge in [-0.1, -0.05) is 165 Å². The molecule has 0 fully saturated rings. The Bertz CT molecular complexity index is 3900. The Labute approximate surface area is 362 Å². The first-order valence-corrected chi connectivity index (χ1v) is 21.6. The zero-order valence-electron chi connectivity index (χ0n) is 34.5. The van der Waals surface area contributed by atoms with E-state index >= 15 is 0 Å². The van der Waals surface area contributed by atoms with E-state index in [0.717, 1.165) is 61.5 Å². The van der Waals surface area contributed by atoms with Crippen LogP contribution in [0.25, 0.3) is 110 Å². The molecule has 0 N–H and O–H groups in total. The van der Waals surface area contributed by atoms with Gasteiger partial charge in [-0.3, -0.25) is 0 Å². The van der Waals surface area contributed by atoms with E-state index in [9.17, 15) is 0 Å². The Morgan fingerprint density at radius 3 is 2.06 bits per heavy atom. The largest absolute Gasteiger partial charge is 0.455 e. The first kappa shape index (κ1) is 35.6. The highest BCUT2D eigenvalue weighted by Crippen LogP contribution is 2.45. The number of aromatic nitrogens is 4. The quantitative estimate of drug-likeness (QED) is 0.174. The zero-order chi connectivity index (χ0) is 41.6. The number of rotatable bonds is 5. The molecule has 0 saturated carbocycles. The molecule has 0 radical (unpaired) electrons. The minimum Gasteiger partial charge on any atom is -0.455 e. The molecule has 9 aromatic carbocycles. The summed E-state index contributed by atoms with van der Waals surface area (Å²) in [6.45, 7) is 2.28. The molecule has 5 heteroatoms. The predicted molar refractivity (Wildman–Crippen MR) is 260 cm³/mol. The summed E-state index contributed by atoms with van der Waals surface area (Å²) in [5, 5.41) is 11.8. The van der Waals surface area contributed by atoms with Gasteiger partial charge in [-0.2, -0.15) is 0 Å². The summed E-state index contributed by atoms with van der Waals surface area (Å²) in [5.74, 6) is 1.86. The molecule has 1 unspecified atom stereocenters. The lowest BCUT2D eigenvalue weighted by Crippen LogP contribution is -2.26. The molecule has 0 amide bonds. The van der Waals surface area contributed by atoms with Crippen LogP contribution in [0.1, 0.15) is 24.7 Å². The van der Waals surface area contributed by atoms with Crippen LogP contribution in [0.3, 0.4) is 0 Å². The summed E-state index contributed by atoms with van der Waals surface area (Å²) >= 11 is 0. The maximum Gasteiger partial charge on any atom is 0.167 e. The topological polar surface area (TPSA) is 56.7 Å². The standard InChI is InChI=1S/C58H38N4O/c1-58(41-20-6-3-7-21-41)32-13-12-25-48(58)57-60-55(37-16-4-2-5-17-37)59-56(61-57)46-24-14-23-45-53-44-29-28-42(33-40(44)27-31-51(53)63-54(45)46)62-49-30-26-36-15-10-11-22-43(36)52(49)47-34-38-18-8-9-19-39(38)35-50(47)62/h2-31,33-35H,32H2,1H3. The van der Waals surface area contributed by atoms with Crippen molar-refractivity contribution in [3.63, 3.8) is 0 Å². The molecule has 5 nitrogen and oxygen atoms in total. The molecule has 1 aliphatic rings. The second-order valence-corrected chi connectivity index (χ2v) is 16.9. The van der Waals surface area contributed by atoms with Crippen molar-refractivity contribution in [2.75, 3.05) is 0 Å². The van der Waals surface area contributed by atoms with Crippen molar-refractivity contribution in [2.24, 2.45) is 0 Å². The van der Waals surface area contributed by atoms with Gasteiger partial charge in [-0.25, -0.2) is 15.0 Å². The second-order valence-electron chi connectivity index (χ2n) is 16.9. The van der Waals surface area contributed by atoms with Crippen LogP contribution in [0.15, 0.2) is 205 Å². The van der Waals surface area contributed by atoms with E-state index in [1.165, 1.54) is 48.9 Å². The Morgan fingerprint density at radius 1 is 0.508 bits per heavy atom. The van der Waals surface area contributed by atoms with E-state index in [0.29, 0.717) is 17.5 Å². The van der Waals surface area contributed by atoms with Crippen LogP contribution in [-0.2, 0) is 5.41 Å². The number of nitrogens with zero attached hydrogens (tertiary/aromatic N) is 4. The zero-order valence-corrected chi connectivity index (χ0v) is 34.5. The Morgan fingerprint density at radius 2 is 1.21 bits per heavy atom. The lowest BCUT2D eigenvalue weighted by Gasteiger charge is -2.33. The number of fused-ring (bicyclic) bond motifs is 11. The lowest BCUT2D eigenvalue weighted by atomic mass is 9.71. The third kappa shape index (κ3) is 5.46. The molecule has 3 heterocycles. The molecule has 0 saturated heterocycles. The monoisotopic (exact) mass is 806 g/mol. The van der Waals surface area contributed by atoms with E-state index in [-0.39, 0.29) is 5.41 Å². The van der Waals surface area contributed by atoms with Gasteiger partial charge in [0.25, 0.3) is 0 Å². The fourth-order valence-corrected chi connectivity index (χ4v) is 10.2. The minimum atomic E-state index is -0.327. The number of para-hydroxylation sites is 1. The maximum atomic E-state index is 6.86. The summed E-state index contributed by atoms with van der Waals surface area (Å²) < 4.78 is 9.29. The number of hydrogen-bond acceptors (Lipinski definition) is 4. The van der Waals surface area contributed by atoms with Crippen LogP contribution in [0.2, 0.25) is 0 Å². The number of hydrogen-bond donors (Lipinski definition) is 0. The molecule has 0 aliphatic heterocycles. The highest BCUT2D eigenvalue weighted by atomic mass is 16.3. The normalized spacial score (nSPS) is 15.4. The summed E-state index contributed by atoms with van der Waals surface area (Å²) in [6, 6.07) is 64.9. The molecule has 3 aromatic heterocycles. The van der Waals surface area contributed by atoms with Crippen LogP contribution in [0.5, 0.6) is 0 Å². The molecule has 12 aromatic rings. The first-order chi connectivity index (χ1) is 31.1. The maximum absolute atomic E-state index is 6.86. The summed E-state index contributed by atoms with van der Waals surface area (Å²) in [4.78, 5) is 15.6. The van der Waals surface area contributed by atoms with Crippen LogP contribution in [0.4, 0.5) is 0 Å². The van der Waals surface area contributed by atoms with E-state index in [1.807, 2.05) is 18.2 Å². The molecular formula is C58H38N4O. The number of benzene rings is 9. The van der Waals surface area contributed by atoms with Gasteiger partial charge in [0.05, 0.1) is 16.6 Å². The Kier molecular flexibility index (Phi) is 7.73. The van der Waals surface area contributed by atoms with Crippen molar-refractivity contribution >= 4 is 81.6 Å². The van der Waals surface area contributed by atoms with Crippen molar-refractivity contribution in [1.29, 1.82) is 0 Å². The van der Waals surface area contributed by atoms with Gasteiger partial charge < -0.3 is 8.98 Å². The van der Waals surface area contributed by atoms with Crippen LogP contribution >= 0.6 is 0 Å². The third-order valence-corrected chi connectivity index (χ3v) is 13.3. The summed E-state index contributed by atoms with van der Waals surface area (Å²) in [7, 11) is 0. The van der Waals surface area contributed by atoms with Gasteiger partial charge in [0, 0.05) is 43.8 Å². The van der Waals surface area contributed by atoms with Crippen molar-refractivity contribution < 1.29 is 4.42 Å². The SMILES string of the molecule is CC1(c2ccccc2)CC=CC=C1c1nc(-c2ccccc2)nc(-c2cccc3c2oc2ccc4cc(-n5c6cc7ccccc7cc6c6c7ccccc7ccc65)ccc4c23)n1. The molecular weight excluding hydrogens is 769 g/mol. The van der Waals surface area contributed by atoms with Gasteiger partial charge >= 0.3 is 0 Å². The van der Waals surface area contributed by atoms with Gasteiger partial charge in [0.2, 0.25) is 0 Å². The highest BCUT2D eigenvalue weighted by Gasteiger charge is 2.34. The van der Waals surface area contributed by atoms with Crippen molar-refractivity contribution in [3.05, 3.63) is 212 Å². The Balaban J connectivity index is 0.999. The fraction of sp³-hybridized carbons (Fsp3) is 0.0517. The van der Waals surface area contributed by atoms with Crippen LogP contribution in [0, 0.1) is 0 Å². The summed E-state index contributed by atoms with van der Waals surface area (Å²) in [6.07, 6.45) is 7.35. The van der Waals surface area contributed by atoms with Gasteiger partial charge in [-0.15, -0.1) is 0 Å². The van der Waals surface area contributed by atoms with Gasteiger partial charge in [0.15, 0.2) is 17.5 Å². The van der Waals surface area contributed by atoms with Crippen LogP contribution < -0.4 is 0 Å². The van der Waals surface area contributed by atoms with E-state index in [1.54, 1.807) is 0 Å². The van der Waals surface area contributed by atoms with E-state index in [4.69, 9.17) is 19.4 Å². The van der Waals surface area contributed by atoms with Crippen molar-refractivity contribution in [3.8, 4) is 28.5 Å². The molecule has 0 bridgehead atoms. The smallest absolute Gasteiger partial charge is 0.167 e. The van der Waals surface area contributed by atoms with Gasteiger partial charge in [0.1, 0.15) is 11.2 Å². The molecule has 1 aliphatic carbocycles. The van der Waals surface area contributed by atoms with Crippen molar-refractivity contribution in [2.45, 2.75) is 18.8 Å². The minimum absolute atomic E-state index is 0.327. The van der Waals surface area contributed by atoms with Crippen LogP contribution in [-0.4, -0.2) is 19.5 Å². The van der Waals surface area contributed by atoms with Gasteiger partial charge in [-0.05, 0) is 86.8 Å². The van der Waals surface area contributed by atoms with E-state index in [2.05, 4.69) is 194 Å². The Hall–Kier alpha value is -8.15. The fourth-order valence-electron chi connectivity index (χ4n) is 10.2. The molecule has 296 valence electrons. The van der Waals surface area contributed by atoms with Crippen molar-refractivity contribution in [1.82, 2.24) is 19.5 Å². The molecule has 1 atom stereocenters. The highest BCUT2D eigenvalue weighted by molar-refractivity contribution is 6.24. The second kappa shape index (κ2) is 13.7.